The van der Waals surface area contributed by atoms with Gasteiger partial charge in [-0.05, 0) is 12.1 Å². The molecule has 94 valence electrons. The molecule has 0 heterocycles. The van der Waals surface area contributed by atoms with Gasteiger partial charge in [-0.2, -0.15) is 13.2 Å². The normalized spacial score (nSPS) is 11.2. The van der Waals surface area contributed by atoms with Crippen LogP contribution in [0.2, 0.25) is 5.02 Å². The van der Waals surface area contributed by atoms with Crippen LogP contribution < -0.4 is 4.74 Å². The lowest BCUT2D eigenvalue weighted by molar-refractivity contribution is -0.138. The van der Waals surface area contributed by atoms with Gasteiger partial charge in [0.1, 0.15) is 5.75 Å². The summed E-state index contributed by atoms with van der Waals surface area (Å²) in [5, 5.41) is -0.229. The molecule has 0 N–H and O–H groups in total. The summed E-state index contributed by atoms with van der Waals surface area (Å²) in [6.07, 6.45) is -4.70. The molecule has 0 aliphatic rings. The van der Waals surface area contributed by atoms with Crippen LogP contribution in [0.15, 0.2) is 12.1 Å². The second-order valence-electron chi connectivity index (χ2n) is 3.02. The smallest absolute Gasteiger partial charge is 0.417 e. The van der Waals surface area contributed by atoms with Gasteiger partial charge < -0.3 is 9.47 Å². The molecule has 0 fully saturated rings. The standard InChI is InChI=1S/C10H8ClF3O3/c1-16-8-3-5(9(15)17-2)6(4-7(8)11)10(12,13)14/h3-4H,1-2H3. The molecule has 0 aliphatic heterocycles. The van der Waals surface area contributed by atoms with E-state index in [0.29, 0.717) is 6.07 Å². The van der Waals surface area contributed by atoms with Gasteiger partial charge in [0.25, 0.3) is 0 Å². The molecule has 0 aliphatic carbocycles. The van der Waals surface area contributed by atoms with Crippen LogP contribution in [0.4, 0.5) is 13.2 Å². The molecule has 0 saturated carbocycles. The number of hydrogen-bond donors (Lipinski definition) is 0. The lowest BCUT2D eigenvalue weighted by Crippen LogP contribution is -2.14. The first-order chi connectivity index (χ1) is 7.81. The van der Waals surface area contributed by atoms with Crippen LogP contribution in [0.3, 0.4) is 0 Å². The Balaban J connectivity index is 3.47. The molecule has 0 radical (unpaired) electrons. The average molecular weight is 269 g/mol. The largest absolute Gasteiger partial charge is 0.495 e. The Hall–Kier alpha value is -1.43. The zero-order valence-electron chi connectivity index (χ0n) is 8.89. The van der Waals surface area contributed by atoms with Gasteiger partial charge in [0.15, 0.2) is 0 Å². The van der Waals surface area contributed by atoms with E-state index < -0.39 is 23.3 Å². The number of esters is 1. The first kappa shape index (κ1) is 13.6. The van der Waals surface area contributed by atoms with E-state index in [-0.39, 0.29) is 10.8 Å². The molecule has 0 spiro atoms. The van der Waals surface area contributed by atoms with Crippen molar-refractivity contribution in [3.63, 3.8) is 0 Å². The predicted molar refractivity (Wildman–Crippen MR) is 54.3 cm³/mol. The molecule has 7 heteroatoms. The topological polar surface area (TPSA) is 35.5 Å². The van der Waals surface area contributed by atoms with Gasteiger partial charge in [0.05, 0.1) is 30.4 Å². The van der Waals surface area contributed by atoms with E-state index in [4.69, 9.17) is 16.3 Å². The molecule has 0 saturated heterocycles. The molecular weight excluding hydrogens is 261 g/mol. The number of carbonyl (C=O) groups is 1. The predicted octanol–water partition coefficient (Wildman–Crippen LogP) is 3.15. The summed E-state index contributed by atoms with van der Waals surface area (Å²) in [4.78, 5) is 11.2. The second kappa shape index (κ2) is 4.83. The Kier molecular flexibility index (Phi) is 3.87. The molecule has 1 rings (SSSR count). The highest BCUT2D eigenvalue weighted by molar-refractivity contribution is 6.32. The average Bonchev–Trinajstić information content (AvgIpc) is 2.26. The summed E-state index contributed by atoms with van der Waals surface area (Å²) in [7, 11) is 2.22. The van der Waals surface area contributed by atoms with E-state index in [2.05, 4.69) is 4.74 Å². The van der Waals surface area contributed by atoms with Gasteiger partial charge in [-0.15, -0.1) is 0 Å². The second-order valence-corrected chi connectivity index (χ2v) is 3.43. The molecule has 0 bridgehead atoms. The molecule has 0 atom stereocenters. The third-order valence-electron chi connectivity index (χ3n) is 2.00. The minimum atomic E-state index is -4.70. The van der Waals surface area contributed by atoms with E-state index in [1.165, 1.54) is 7.11 Å². The highest BCUT2D eigenvalue weighted by atomic mass is 35.5. The highest BCUT2D eigenvalue weighted by Gasteiger charge is 2.36. The Morgan fingerprint density at radius 3 is 2.29 bits per heavy atom. The van der Waals surface area contributed by atoms with Crippen molar-refractivity contribution >= 4 is 17.6 Å². The molecule has 3 nitrogen and oxygen atoms in total. The monoisotopic (exact) mass is 268 g/mol. The minimum absolute atomic E-state index is 0.0277. The van der Waals surface area contributed by atoms with Crippen LogP contribution in [-0.4, -0.2) is 20.2 Å². The molecule has 0 unspecified atom stereocenters. The van der Waals surface area contributed by atoms with Crippen LogP contribution in [0, 0.1) is 0 Å². The van der Waals surface area contributed by atoms with Crippen molar-refractivity contribution in [1.82, 2.24) is 0 Å². The van der Waals surface area contributed by atoms with Gasteiger partial charge in [0.2, 0.25) is 0 Å². The van der Waals surface area contributed by atoms with Gasteiger partial charge in [-0.25, -0.2) is 4.79 Å². The fourth-order valence-electron chi connectivity index (χ4n) is 1.22. The third-order valence-corrected chi connectivity index (χ3v) is 2.30. The van der Waals surface area contributed by atoms with Gasteiger partial charge in [-0.1, -0.05) is 11.6 Å². The van der Waals surface area contributed by atoms with E-state index in [1.807, 2.05) is 0 Å². The van der Waals surface area contributed by atoms with Crippen LogP contribution in [0.5, 0.6) is 5.75 Å². The maximum atomic E-state index is 12.7. The van der Waals surface area contributed by atoms with Crippen molar-refractivity contribution in [3.8, 4) is 5.75 Å². The molecule has 0 amide bonds. The molecule has 1 aromatic carbocycles. The van der Waals surface area contributed by atoms with E-state index >= 15 is 0 Å². The number of hydrogen-bond acceptors (Lipinski definition) is 3. The maximum absolute atomic E-state index is 12.7. The summed E-state index contributed by atoms with van der Waals surface area (Å²) < 4.78 is 47.0. The summed E-state index contributed by atoms with van der Waals surface area (Å²) in [6.45, 7) is 0. The first-order valence-electron chi connectivity index (χ1n) is 4.34. The van der Waals surface area contributed by atoms with Crippen LogP contribution in [0.25, 0.3) is 0 Å². The zero-order valence-corrected chi connectivity index (χ0v) is 9.65. The number of carbonyl (C=O) groups excluding carboxylic acids is 1. The van der Waals surface area contributed by atoms with Crippen molar-refractivity contribution in [1.29, 1.82) is 0 Å². The number of alkyl halides is 3. The number of methoxy groups -OCH3 is 2. The SMILES string of the molecule is COC(=O)c1cc(OC)c(Cl)cc1C(F)(F)F. The Bertz CT molecular complexity index is 443. The van der Waals surface area contributed by atoms with Crippen molar-refractivity contribution in [3.05, 3.63) is 28.3 Å². The quantitative estimate of drug-likeness (QED) is 0.773. The van der Waals surface area contributed by atoms with Crippen molar-refractivity contribution in [2.75, 3.05) is 14.2 Å². The Morgan fingerprint density at radius 2 is 1.88 bits per heavy atom. The van der Waals surface area contributed by atoms with Gasteiger partial charge >= 0.3 is 12.1 Å². The maximum Gasteiger partial charge on any atom is 0.417 e. The zero-order chi connectivity index (χ0) is 13.2. The Labute approximate surface area is 100 Å². The molecule has 0 aromatic heterocycles. The van der Waals surface area contributed by atoms with E-state index in [1.54, 1.807) is 0 Å². The van der Waals surface area contributed by atoms with Crippen molar-refractivity contribution in [2.24, 2.45) is 0 Å². The summed E-state index contributed by atoms with van der Waals surface area (Å²) in [5.74, 6) is -1.13. The lowest BCUT2D eigenvalue weighted by atomic mass is 10.1. The molecular formula is C10H8ClF3O3. The first-order valence-corrected chi connectivity index (χ1v) is 4.72. The van der Waals surface area contributed by atoms with Crippen LogP contribution >= 0.6 is 11.6 Å². The van der Waals surface area contributed by atoms with Crippen molar-refractivity contribution < 1.29 is 27.4 Å². The number of rotatable bonds is 2. The number of ether oxygens (including phenoxy) is 2. The molecule has 1 aromatic rings. The number of benzene rings is 1. The fourth-order valence-corrected chi connectivity index (χ4v) is 1.46. The molecule has 17 heavy (non-hydrogen) atoms. The lowest BCUT2D eigenvalue weighted by Gasteiger charge is -2.13. The summed E-state index contributed by atoms with van der Waals surface area (Å²) >= 11 is 5.58. The highest BCUT2D eigenvalue weighted by Crippen LogP contribution is 2.37. The third kappa shape index (κ3) is 2.82. The van der Waals surface area contributed by atoms with Gasteiger partial charge in [-0.3, -0.25) is 0 Å². The summed E-state index contributed by atoms with van der Waals surface area (Å²) in [6, 6.07) is 1.53. The van der Waals surface area contributed by atoms with Crippen LogP contribution in [0.1, 0.15) is 15.9 Å². The van der Waals surface area contributed by atoms with E-state index in [0.717, 1.165) is 13.2 Å². The van der Waals surface area contributed by atoms with E-state index in [9.17, 15) is 18.0 Å². The van der Waals surface area contributed by atoms with Crippen molar-refractivity contribution in [2.45, 2.75) is 6.18 Å². The Morgan fingerprint density at radius 1 is 1.29 bits per heavy atom. The van der Waals surface area contributed by atoms with Crippen LogP contribution in [-0.2, 0) is 10.9 Å². The fraction of sp³-hybridized carbons (Fsp3) is 0.300. The summed E-state index contributed by atoms with van der Waals surface area (Å²) in [5.41, 5.74) is -1.79. The minimum Gasteiger partial charge on any atom is -0.495 e. The number of halogens is 4. The van der Waals surface area contributed by atoms with Gasteiger partial charge in [0, 0.05) is 0 Å².